The molecular weight excluding hydrogens is 92.1 g/mol. The van der Waals surface area contributed by atoms with Crippen LogP contribution in [-0.4, -0.2) is 17.5 Å². The second kappa shape index (κ2) is 1.35. The molecule has 38 valence electrons. The molecule has 0 unspecified atom stereocenters. The van der Waals surface area contributed by atoms with Crippen molar-refractivity contribution in [2.75, 3.05) is 6.54 Å². The number of carbonyl (C=O) groups is 1. The van der Waals surface area contributed by atoms with Crippen molar-refractivity contribution in [2.45, 2.75) is 0 Å². The summed E-state index contributed by atoms with van der Waals surface area (Å²) >= 11 is 0. The van der Waals surface area contributed by atoms with Gasteiger partial charge in [-0.3, -0.25) is 9.80 Å². The second-order valence-electron chi connectivity index (χ2n) is 1.39. The van der Waals surface area contributed by atoms with Gasteiger partial charge in [-0.05, 0) is 0 Å². The Morgan fingerprint density at radius 1 is 1.86 bits per heavy atom. The van der Waals surface area contributed by atoms with Crippen molar-refractivity contribution < 1.29 is 4.79 Å². The lowest BCUT2D eigenvalue weighted by molar-refractivity contribution is -0.124. The van der Waals surface area contributed by atoms with Crippen molar-refractivity contribution in [1.82, 2.24) is 5.01 Å². The van der Waals surface area contributed by atoms with Gasteiger partial charge in [0.05, 0.1) is 6.54 Å². The Labute approximate surface area is 41.4 Å². The molecule has 0 fully saturated rings. The van der Waals surface area contributed by atoms with Crippen LogP contribution in [-0.2, 0) is 4.79 Å². The summed E-state index contributed by atoms with van der Waals surface area (Å²) in [5.41, 5.74) is 0. The summed E-state index contributed by atoms with van der Waals surface area (Å²) in [6.07, 6.45) is 3.18. The molecule has 0 saturated carbocycles. The molecule has 0 aliphatic carbocycles. The maximum absolute atomic E-state index is 10.3. The Kier molecular flexibility index (Phi) is 0.834. The molecule has 3 nitrogen and oxygen atoms in total. The number of carbonyl (C=O) groups excluding carboxylic acids is 1. The Bertz CT molecular complexity index is 119. The van der Waals surface area contributed by atoms with Crippen LogP contribution >= 0.6 is 0 Å². The smallest absolute Gasteiger partial charge is 0.260 e. The van der Waals surface area contributed by atoms with Crippen molar-refractivity contribution in [3.8, 4) is 0 Å². The molecule has 0 aromatic rings. The first kappa shape index (κ1) is 4.33. The van der Waals surface area contributed by atoms with Gasteiger partial charge in [0.25, 0.3) is 5.91 Å². The van der Waals surface area contributed by atoms with Crippen molar-refractivity contribution in [3.05, 3.63) is 12.2 Å². The monoisotopic (exact) mass is 98.0 g/mol. The average Bonchev–Trinajstić information content (AvgIpc) is 1.91. The molecule has 0 aromatic carbocycles. The van der Waals surface area contributed by atoms with E-state index in [1.54, 1.807) is 6.08 Å². The van der Waals surface area contributed by atoms with E-state index in [4.69, 9.17) is 5.84 Å². The van der Waals surface area contributed by atoms with Gasteiger partial charge < -0.3 is 0 Å². The zero-order valence-corrected chi connectivity index (χ0v) is 3.79. The van der Waals surface area contributed by atoms with Crippen molar-refractivity contribution in [1.29, 1.82) is 0 Å². The van der Waals surface area contributed by atoms with Crippen LogP contribution in [0.4, 0.5) is 0 Å². The third-order valence-electron chi connectivity index (χ3n) is 0.846. The molecule has 0 atom stereocenters. The van der Waals surface area contributed by atoms with Gasteiger partial charge in [0, 0.05) is 6.08 Å². The molecule has 1 rings (SSSR count). The van der Waals surface area contributed by atoms with E-state index in [2.05, 4.69) is 0 Å². The minimum atomic E-state index is -0.111. The maximum Gasteiger partial charge on any atom is 0.260 e. The van der Waals surface area contributed by atoms with Crippen LogP contribution in [0.1, 0.15) is 0 Å². The third-order valence-corrected chi connectivity index (χ3v) is 0.846. The van der Waals surface area contributed by atoms with Gasteiger partial charge in [-0.2, -0.15) is 0 Å². The molecule has 0 radical (unpaired) electrons. The summed E-state index contributed by atoms with van der Waals surface area (Å²) in [5, 5.41) is 1.15. The summed E-state index contributed by atoms with van der Waals surface area (Å²) in [6.45, 7) is 0.554. The molecule has 0 spiro atoms. The van der Waals surface area contributed by atoms with Crippen LogP contribution in [0.25, 0.3) is 0 Å². The quantitative estimate of drug-likeness (QED) is 0.320. The van der Waals surface area contributed by atoms with Crippen LogP contribution in [0.5, 0.6) is 0 Å². The fourth-order valence-corrected chi connectivity index (χ4v) is 0.453. The van der Waals surface area contributed by atoms with Gasteiger partial charge in [-0.25, -0.2) is 5.84 Å². The molecule has 7 heavy (non-hydrogen) atoms. The molecule has 2 N–H and O–H groups in total. The molecule has 0 bridgehead atoms. The highest BCUT2D eigenvalue weighted by molar-refractivity contribution is 5.89. The number of nitrogens with zero attached hydrogens (tertiary/aromatic N) is 1. The third kappa shape index (κ3) is 0.618. The predicted octanol–water partition coefficient (Wildman–Crippen LogP) is -0.742. The molecule has 1 aliphatic heterocycles. The zero-order valence-electron chi connectivity index (χ0n) is 3.79. The van der Waals surface area contributed by atoms with Crippen molar-refractivity contribution in [2.24, 2.45) is 5.84 Å². The van der Waals surface area contributed by atoms with Gasteiger partial charge in [0.15, 0.2) is 0 Å². The molecule has 1 heterocycles. The predicted molar refractivity (Wildman–Crippen MR) is 25.0 cm³/mol. The van der Waals surface area contributed by atoms with Gasteiger partial charge in [-0.1, -0.05) is 6.08 Å². The van der Waals surface area contributed by atoms with Crippen molar-refractivity contribution >= 4 is 5.91 Å². The summed E-state index contributed by atoms with van der Waals surface area (Å²) in [6, 6.07) is 0. The fraction of sp³-hybridized carbons (Fsp3) is 0.250. The van der Waals surface area contributed by atoms with Gasteiger partial charge >= 0.3 is 0 Å². The van der Waals surface area contributed by atoms with Crippen molar-refractivity contribution in [3.63, 3.8) is 0 Å². The number of rotatable bonds is 0. The van der Waals surface area contributed by atoms with Crippen LogP contribution in [0.3, 0.4) is 0 Å². The van der Waals surface area contributed by atoms with E-state index in [1.165, 1.54) is 6.08 Å². The van der Waals surface area contributed by atoms with E-state index >= 15 is 0 Å². The van der Waals surface area contributed by atoms with E-state index in [0.717, 1.165) is 5.01 Å². The maximum atomic E-state index is 10.3. The molecule has 1 amide bonds. The van der Waals surface area contributed by atoms with E-state index in [-0.39, 0.29) is 5.91 Å². The number of hydrogen-bond acceptors (Lipinski definition) is 2. The number of hydrazine groups is 1. The lowest BCUT2D eigenvalue weighted by Crippen LogP contribution is -2.32. The van der Waals surface area contributed by atoms with E-state index in [9.17, 15) is 4.79 Å². The Balaban J connectivity index is 2.62. The lowest BCUT2D eigenvalue weighted by atomic mass is 10.6. The molecule has 3 heteroatoms. The van der Waals surface area contributed by atoms with E-state index in [0.29, 0.717) is 6.54 Å². The minimum absolute atomic E-state index is 0.111. The van der Waals surface area contributed by atoms with E-state index < -0.39 is 0 Å². The fourth-order valence-electron chi connectivity index (χ4n) is 0.453. The molecule has 0 saturated heterocycles. The Morgan fingerprint density at radius 3 is 2.71 bits per heavy atom. The first-order valence-electron chi connectivity index (χ1n) is 2.03. The van der Waals surface area contributed by atoms with E-state index in [1.807, 2.05) is 0 Å². The Morgan fingerprint density at radius 2 is 2.57 bits per heavy atom. The molecule has 1 aliphatic rings. The highest BCUT2D eigenvalue weighted by atomic mass is 16.2. The summed E-state index contributed by atoms with van der Waals surface area (Å²) < 4.78 is 0. The first-order valence-corrected chi connectivity index (χ1v) is 2.03. The van der Waals surface area contributed by atoms with Crippen LogP contribution in [0.2, 0.25) is 0 Å². The normalized spacial score (nSPS) is 19.0. The largest absolute Gasteiger partial charge is 0.273 e. The summed E-state index contributed by atoms with van der Waals surface area (Å²) in [4.78, 5) is 10.3. The van der Waals surface area contributed by atoms with Crippen LogP contribution in [0, 0.1) is 0 Å². The number of nitrogens with two attached hydrogens (primary N) is 1. The molecular formula is C4H6N2O. The zero-order chi connectivity index (χ0) is 5.28. The van der Waals surface area contributed by atoms with Gasteiger partial charge in [0.2, 0.25) is 0 Å². The first-order chi connectivity index (χ1) is 3.30. The SMILES string of the molecule is NN1CC=CC1=O. The number of amides is 1. The van der Waals surface area contributed by atoms with Gasteiger partial charge in [0.1, 0.15) is 0 Å². The van der Waals surface area contributed by atoms with Gasteiger partial charge in [-0.15, -0.1) is 0 Å². The average molecular weight is 98.1 g/mol. The standard InChI is InChI=1S/C4H6N2O/c5-6-3-1-2-4(6)7/h1-2H,3,5H2. The summed E-state index contributed by atoms with van der Waals surface area (Å²) in [7, 11) is 0. The van der Waals surface area contributed by atoms with Crippen LogP contribution in [0.15, 0.2) is 12.2 Å². The number of hydrogen-bond donors (Lipinski definition) is 1. The minimum Gasteiger partial charge on any atom is -0.273 e. The highest BCUT2D eigenvalue weighted by Crippen LogP contribution is 1.91. The Hall–Kier alpha value is -0.830. The lowest BCUT2D eigenvalue weighted by Gasteiger charge is -2.03. The van der Waals surface area contributed by atoms with Crippen LogP contribution < -0.4 is 5.84 Å². The summed E-state index contributed by atoms with van der Waals surface area (Å²) in [5.74, 6) is 4.99. The topological polar surface area (TPSA) is 46.3 Å². The second-order valence-corrected chi connectivity index (χ2v) is 1.39. The molecule has 0 aromatic heterocycles. The highest BCUT2D eigenvalue weighted by Gasteiger charge is 2.07.